The molecule has 0 amide bonds. The molecule has 3 aromatic rings. The number of rotatable bonds is 6. The summed E-state index contributed by atoms with van der Waals surface area (Å²) >= 11 is 0. The highest BCUT2D eigenvalue weighted by atomic mass is 16.5. The molecule has 26 heavy (non-hydrogen) atoms. The van der Waals surface area contributed by atoms with Crippen LogP contribution in [0.2, 0.25) is 0 Å². The fourth-order valence-corrected chi connectivity index (χ4v) is 2.82. The maximum Gasteiger partial charge on any atom is 0.167 e. The molecule has 2 aromatic carbocycles. The second-order valence-corrected chi connectivity index (χ2v) is 5.71. The van der Waals surface area contributed by atoms with E-state index in [2.05, 4.69) is 5.16 Å². The Bertz CT molecular complexity index is 893. The second kappa shape index (κ2) is 7.57. The first-order valence-corrected chi connectivity index (χ1v) is 7.93. The summed E-state index contributed by atoms with van der Waals surface area (Å²) in [6.07, 6.45) is 0. The minimum Gasteiger partial charge on any atom is -0.504 e. The number of aromatic hydroxyl groups is 1. The quantitative estimate of drug-likeness (QED) is 0.534. The average Bonchev–Trinajstić information content (AvgIpc) is 3.16. The van der Waals surface area contributed by atoms with Gasteiger partial charge in [0, 0.05) is 17.2 Å². The van der Waals surface area contributed by atoms with E-state index in [0.717, 1.165) is 0 Å². The Morgan fingerprint density at radius 3 is 2.15 bits per heavy atom. The van der Waals surface area contributed by atoms with Crippen molar-refractivity contribution in [3.8, 4) is 34.1 Å². The van der Waals surface area contributed by atoms with Gasteiger partial charge in [0.15, 0.2) is 17.3 Å². The topological polar surface area (TPSA) is 116 Å². The molecule has 0 radical (unpaired) electrons. The van der Waals surface area contributed by atoms with E-state index in [1.807, 2.05) is 0 Å². The minimum atomic E-state index is -0.279. The molecule has 0 spiro atoms. The van der Waals surface area contributed by atoms with Crippen molar-refractivity contribution in [3.05, 3.63) is 53.1 Å². The molecule has 4 N–H and O–H groups in total. The summed E-state index contributed by atoms with van der Waals surface area (Å²) in [5.74, 6) is 0.786. The van der Waals surface area contributed by atoms with Crippen molar-refractivity contribution in [1.29, 1.82) is 0 Å². The first kappa shape index (κ1) is 17.9. The average molecular weight is 357 g/mol. The smallest absolute Gasteiger partial charge is 0.167 e. The van der Waals surface area contributed by atoms with Crippen molar-refractivity contribution in [3.63, 3.8) is 0 Å². The van der Waals surface area contributed by atoms with E-state index < -0.39 is 0 Å². The third-order valence-electron chi connectivity index (χ3n) is 4.20. The summed E-state index contributed by atoms with van der Waals surface area (Å²) in [6.45, 7) is -0.826. The highest BCUT2D eigenvalue weighted by Crippen LogP contribution is 2.33. The summed E-state index contributed by atoms with van der Waals surface area (Å²) in [7, 11) is 1.47. The van der Waals surface area contributed by atoms with Crippen LogP contribution >= 0.6 is 0 Å². The highest BCUT2D eigenvalue weighted by molar-refractivity contribution is 5.70. The van der Waals surface area contributed by atoms with Crippen LogP contribution in [0.1, 0.15) is 16.7 Å². The molecule has 0 unspecified atom stereocenters. The highest BCUT2D eigenvalue weighted by Gasteiger charge is 2.15. The fraction of sp³-hybridized carbons (Fsp3) is 0.211. The molecule has 0 saturated carbocycles. The molecule has 1 aromatic heterocycles. The van der Waals surface area contributed by atoms with Crippen LogP contribution < -0.4 is 4.74 Å². The molecule has 0 atom stereocenters. The van der Waals surface area contributed by atoms with Gasteiger partial charge in [-0.25, -0.2) is 0 Å². The second-order valence-electron chi connectivity index (χ2n) is 5.71. The largest absolute Gasteiger partial charge is 0.504 e. The van der Waals surface area contributed by atoms with Gasteiger partial charge in [-0.3, -0.25) is 0 Å². The number of hydrogen-bond acceptors (Lipinski definition) is 7. The molecule has 3 rings (SSSR count). The van der Waals surface area contributed by atoms with Crippen molar-refractivity contribution in [2.24, 2.45) is 0 Å². The van der Waals surface area contributed by atoms with Gasteiger partial charge >= 0.3 is 0 Å². The summed E-state index contributed by atoms with van der Waals surface area (Å²) in [6, 6.07) is 9.95. The Hall–Kier alpha value is -2.87. The number of nitrogens with zero attached hydrogens (tertiary/aromatic N) is 1. The molecule has 0 aliphatic heterocycles. The third-order valence-corrected chi connectivity index (χ3v) is 4.20. The van der Waals surface area contributed by atoms with Gasteiger partial charge in [0.1, 0.15) is 5.69 Å². The van der Waals surface area contributed by atoms with Crippen LogP contribution in [0.4, 0.5) is 0 Å². The number of aromatic nitrogens is 1. The number of hydrogen-bond donors (Lipinski definition) is 4. The zero-order valence-electron chi connectivity index (χ0n) is 14.1. The Labute approximate surface area is 149 Å². The monoisotopic (exact) mass is 357 g/mol. The number of methoxy groups -OCH3 is 1. The van der Waals surface area contributed by atoms with Crippen LogP contribution in [-0.2, 0) is 19.8 Å². The van der Waals surface area contributed by atoms with Gasteiger partial charge in [0.2, 0.25) is 0 Å². The summed E-state index contributed by atoms with van der Waals surface area (Å²) in [5, 5.41) is 42.4. The molecule has 136 valence electrons. The molecule has 7 heteroatoms. The molecule has 0 bridgehead atoms. The zero-order valence-corrected chi connectivity index (χ0v) is 14.1. The maximum absolute atomic E-state index is 9.91. The normalized spacial score (nSPS) is 10.9. The van der Waals surface area contributed by atoms with Crippen LogP contribution in [0.25, 0.3) is 22.6 Å². The Morgan fingerprint density at radius 2 is 1.62 bits per heavy atom. The van der Waals surface area contributed by atoms with Crippen molar-refractivity contribution in [2.45, 2.75) is 19.8 Å². The first-order valence-electron chi connectivity index (χ1n) is 7.93. The molecule has 0 fully saturated rings. The molecule has 7 nitrogen and oxygen atoms in total. The lowest BCUT2D eigenvalue weighted by molar-refractivity contribution is 0.247. The Balaban J connectivity index is 2.01. The third kappa shape index (κ3) is 3.28. The van der Waals surface area contributed by atoms with Gasteiger partial charge in [-0.05, 0) is 47.0 Å². The van der Waals surface area contributed by atoms with Gasteiger partial charge in [-0.15, -0.1) is 0 Å². The van der Waals surface area contributed by atoms with E-state index in [0.29, 0.717) is 45.0 Å². The fourth-order valence-electron chi connectivity index (χ4n) is 2.82. The lowest BCUT2D eigenvalue weighted by Crippen LogP contribution is -2.01. The SMILES string of the molecule is COc1ccc(-c2cc(-c3cc(CO)c(CO)c(CO)c3)on2)cc1O. The molecular weight excluding hydrogens is 338 g/mol. The summed E-state index contributed by atoms with van der Waals surface area (Å²) < 4.78 is 10.4. The van der Waals surface area contributed by atoms with E-state index in [1.165, 1.54) is 13.2 Å². The number of phenolic OH excluding ortho intramolecular Hbond substituents is 1. The van der Waals surface area contributed by atoms with Gasteiger partial charge in [0.05, 0.1) is 26.9 Å². The predicted octanol–water partition coefficient (Wildman–Crippen LogP) is 2.20. The Morgan fingerprint density at radius 1 is 0.923 bits per heavy atom. The molecular formula is C19H19NO6. The van der Waals surface area contributed by atoms with Crippen LogP contribution in [0, 0.1) is 0 Å². The molecule has 0 saturated heterocycles. The van der Waals surface area contributed by atoms with Crippen molar-refractivity contribution < 1.29 is 29.7 Å². The predicted molar refractivity (Wildman–Crippen MR) is 93.4 cm³/mol. The van der Waals surface area contributed by atoms with Gasteiger partial charge in [-0.2, -0.15) is 0 Å². The number of aliphatic hydroxyl groups excluding tert-OH is 3. The van der Waals surface area contributed by atoms with E-state index in [1.54, 1.807) is 30.3 Å². The Kier molecular flexibility index (Phi) is 5.22. The number of ether oxygens (including phenoxy) is 1. The van der Waals surface area contributed by atoms with Crippen molar-refractivity contribution in [2.75, 3.05) is 7.11 Å². The lowest BCUT2D eigenvalue weighted by Gasteiger charge is -2.11. The zero-order chi connectivity index (χ0) is 18.7. The van der Waals surface area contributed by atoms with E-state index in [-0.39, 0.29) is 25.6 Å². The minimum absolute atomic E-state index is 0.00742. The van der Waals surface area contributed by atoms with E-state index in [9.17, 15) is 20.4 Å². The van der Waals surface area contributed by atoms with Crippen LogP contribution in [0.3, 0.4) is 0 Å². The van der Waals surface area contributed by atoms with Gasteiger partial charge in [-0.1, -0.05) is 5.16 Å². The standard InChI is InChI=1S/C19H19NO6/c1-25-18-3-2-11(6-17(18)24)16-7-19(26-20-16)12-4-13(8-21)15(10-23)14(5-12)9-22/h2-7,21-24H,8-10H2,1H3. The number of aliphatic hydroxyl groups is 3. The number of benzene rings is 2. The molecule has 0 aliphatic carbocycles. The molecule has 0 aliphatic rings. The van der Waals surface area contributed by atoms with E-state index >= 15 is 0 Å². The summed E-state index contributed by atoms with van der Waals surface area (Å²) in [5.41, 5.74) is 3.30. The summed E-state index contributed by atoms with van der Waals surface area (Å²) in [4.78, 5) is 0. The van der Waals surface area contributed by atoms with Gasteiger partial charge in [0.25, 0.3) is 0 Å². The maximum atomic E-state index is 9.91. The van der Waals surface area contributed by atoms with Crippen molar-refractivity contribution in [1.82, 2.24) is 5.16 Å². The van der Waals surface area contributed by atoms with Gasteiger partial charge < -0.3 is 29.7 Å². The lowest BCUT2D eigenvalue weighted by atomic mass is 9.97. The van der Waals surface area contributed by atoms with E-state index in [4.69, 9.17) is 9.26 Å². The van der Waals surface area contributed by atoms with Crippen LogP contribution in [-0.4, -0.2) is 32.7 Å². The molecule has 1 heterocycles. The number of phenols is 1. The van der Waals surface area contributed by atoms with Crippen LogP contribution in [0.15, 0.2) is 40.9 Å². The first-order chi connectivity index (χ1) is 12.6. The van der Waals surface area contributed by atoms with Crippen molar-refractivity contribution >= 4 is 0 Å². The van der Waals surface area contributed by atoms with Crippen LogP contribution in [0.5, 0.6) is 11.5 Å².